The normalized spacial score (nSPS) is 12.3. The first kappa shape index (κ1) is 27.8. The lowest BCUT2D eigenvalue weighted by molar-refractivity contribution is 0.394. The van der Waals surface area contributed by atoms with Gasteiger partial charge < -0.3 is 9.47 Å². The summed E-state index contributed by atoms with van der Waals surface area (Å²) >= 11 is 0. The van der Waals surface area contributed by atoms with E-state index in [-0.39, 0.29) is 0 Å². The van der Waals surface area contributed by atoms with Crippen molar-refractivity contribution < 1.29 is 9.47 Å². The van der Waals surface area contributed by atoms with Gasteiger partial charge in [0.15, 0.2) is 0 Å². The van der Waals surface area contributed by atoms with Crippen LogP contribution in [0.25, 0.3) is 72.3 Å². The first-order valence-corrected chi connectivity index (χ1v) is 15.7. The standard InChI is InChI=1S/C43H33NO2/c1-45-31-22-30(23-32(25-31)46-2)33-14-6-7-15-34(33)42-27-44-43(28-12-4-3-5-13-28)26-40(42)29-20-21-39-37-18-9-8-16-35(37)36-17-10-11-19-38(36)41(39)24-29/h3-7,9-15,17-27H,8,16H2,1-2H3. The fourth-order valence-electron chi connectivity index (χ4n) is 6.96. The van der Waals surface area contributed by atoms with Gasteiger partial charge in [0.05, 0.1) is 19.9 Å². The summed E-state index contributed by atoms with van der Waals surface area (Å²) in [7, 11) is 3.37. The van der Waals surface area contributed by atoms with Crippen LogP contribution in [0.4, 0.5) is 0 Å². The van der Waals surface area contributed by atoms with Crippen LogP contribution in [-0.4, -0.2) is 19.2 Å². The van der Waals surface area contributed by atoms with Crippen LogP contribution in [0.3, 0.4) is 0 Å². The zero-order chi connectivity index (χ0) is 31.0. The highest BCUT2D eigenvalue weighted by Crippen LogP contribution is 2.43. The summed E-state index contributed by atoms with van der Waals surface area (Å²) < 4.78 is 11.3. The van der Waals surface area contributed by atoms with Gasteiger partial charge in [-0.3, -0.25) is 4.98 Å². The Morgan fingerprint density at radius 1 is 0.522 bits per heavy atom. The molecule has 46 heavy (non-hydrogen) atoms. The third-order valence-electron chi connectivity index (χ3n) is 9.19. The van der Waals surface area contributed by atoms with Crippen LogP contribution in [0.2, 0.25) is 0 Å². The van der Waals surface area contributed by atoms with E-state index in [1.54, 1.807) is 14.2 Å². The van der Waals surface area contributed by atoms with Gasteiger partial charge in [-0.15, -0.1) is 0 Å². The SMILES string of the molecule is COc1cc(OC)cc(-c2ccccc2-c2cnc(-c3ccccc3)cc2-c2ccc3c4c(c5ccccc5c3c2)CCC=C4)c1. The molecule has 3 heteroatoms. The largest absolute Gasteiger partial charge is 0.497 e. The molecule has 0 fully saturated rings. The molecule has 0 unspecified atom stereocenters. The Bertz CT molecular complexity index is 2260. The second-order valence-electron chi connectivity index (χ2n) is 11.8. The molecular weight excluding hydrogens is 562 g/mol. The Labute approximate surface area is 269 Å². The first-order valence-electron chi connectivity index (χ1n) is 15.7. The van der Waals surface area contributed by atoms with Gasteiger partial charge in [-0.1, -0.05) is 103 Å². The molecule has 0 bridgehead atoms. The molecule has 0 atom stereocenters. The van der Waals surface area contributed by atoms with Crippen LogP contribution in [0.5, 0.6) is 11.5 Å². The molecule has 0 saturated carbocycles. The number of pyridine rings is 1. The topological polar surface area (TPSA) is 31.4 Å². The first-order chi connectivity index (χ1) is 22.7. The Balaban J connectivity index is 1.39. The molecule has 0 amide bonds. The molecule has 0 spiro atoms. The number of allylic oxidation sites excluding steroid dienone is 1. The zero-order valence-corrected chi connectivity index (χ0v) is 26.0. The van der Waals surface area contributed by atoms with Crippen molar-refractivity contribution in [2.45, 2.75) is 12.8 Å². The lowest BCUT2D eigenvalue weighted by Gasteiger charge is -2.20. The number of nitrogens with zero attached hydrogens (tertiary/aromatic N) is 1. The number of ether oxygens (including phenoxy) is 2. The van der Waals surface area contributed by atoms with E-state index in [9.17, 15) is 0 Å². The number of benzene rings is 6. The van der Waals surface area contributed by atoms with Crippen molar-refractivity contribution in [1.82, 2.24) is 4.98 Å². The number of hydrogen-bond acceptors (Lipinski definition) is 3. The van der Waals surface area contributed by atoms with Crippen molar-refractivity contribution in [2.75, 3.05) is 14.2 Å². The Hall–Kier alpha value is -5.67. The van der Waals surface area contributed by atoms with E-state index in [4.69, 9.17) is 14.5 Å². The van der Waals surface area contributed by atoms with Crippen molar-refractivity contribution in [3.05, 3.63) is 145 Å². The maximum atomic E-state index is 5.64. The lowest BCUT2D eigenvalue weighted by Crippen LogP contribution is -1.98. The van der Waals surface area contributed by atoms with E-state index in [1.807, 2.05) is 18.3 Å². The average Bonchev–Trinajstić information content (AvgIpc) is 3.14. The average molecular weight is 596 g/mol. The third-order valence-corrected chi connectivity index (χ3v) is 9.19. The van der Waals surface area contributed by atoms with Crippen LogP contribution in [-0.2, 0) is 6.42 Å². The number of aryl methyl sites for hydroxylation is 1. The van der Waals surface area contributed by atoms with Crippen LogP contribution in [0.15, 0.2) is 134 Å². The van der Waals surface area contributed by atoms with E-state index >= 15 is 0 Å². The van der Waals surface area contributed by atoms with Crippen molar-refractivity contribution in [3.8, 4) is 56.1 Å². The second-order valence-corrected chi connectivity index (χ2v) is 11.8. The highest BCUT2D eigenvalue weighted by Gasteiger charge is 2.19. The van der Waals surface area contributed by atoms with Crippen LogP contribution in [0, 0.1) is 0 Å². The van der Waals surface area contributed by atoms with Gasteiger partial charge >= 0.3 is 0 Å². The van der Waals surface area contributed by atoms with E-state index in [0.717, 1.165) is 69.0 Å². The number of rotatable bonds is 6. The molecule has 0 saturated heterocycles. The molecule has 222 valence electrons. The Morgan fingerprint density at radius 3 is 2.02 bits per heavy atom. The summed E-state index contributed by atoms with van der Waals surface area (Å²) in [4.78, 5) is 5.03. The fraction of sp³-hybridized carbons (Fsp3) is 0.0930. The van der Waals surface area contributed by atoms with Crippen LogP contribution in [0.1, 0.15) is 17.5 Å². The van der Waals surface area contributed by atoms with E-state index in [1.165, 1.54) is 32.7 Å². The highest BCUT2D eigenvalue weighted by molar-refractivity contribution is 6.14. The summed E-state index contributed by atoms with van der Waals surface area (Å²) in [5.41, 5.74) is 11.4. The molecule has 1 aliphatic rings. The van der Waals surface area contributed by atoms with Crippen molar-refractivity contribution in [1.29, 1.82) is 0 Å². The predicted octanol–water partition coefficient (Wildman–Crippen LogP) is 11.0. The minimum Gasteiger partial charge on any atom is -0.497 e. The fourth-order valence-corrected chi connectivity index (χ4v) is 6.96. The summed E-state index contributed by atoms with van der Waals surface area (Å²) in [6.07, 6.45) is 8.82. The smallest absolute Gasteiger partial charge is 0.123 e. The number of hydrogen-bond donors (Lipinski definition) is 0. The van der Waals surface area contributed by atoms with Gasteiger partial charge in [-0.25, -0.2) is 0 Å². The van der Waals surface area contributed by atoms with Crippen LogP contribution < -0.4 is 9.47 Å². The summed E-state index contributed by atoms with van der Waals surface area (Å²) in [5.74, 6) is 1.50. The summed E-state index contributed by atoms with van der Waals surface area (Å²) in [5, 5.41) is 5.23. The molecule has 1 heterocycles. The monoisotopic (exact) mass is 595 g/mol. The minimum atomic E-state index is 0.751. The summed E-state index contributed by atoms with van der Waals surface area (Å²) in [6, 6.07) is 43.0. The number of aromatic nitrogens is 1. The maximum absolute atomic E-state index is 5.64. The molecule has 7 aromatic rings. The van der Waals surface area contributed by atoms with E-state index < -0.39 is 0 Å². The predicted molar refractivity (Wildman–Crippen MR) is 191 cm³/mol. The molecule has 0 N–H and O–H groups in total. The van der Waals surface area contributed by atoms with Gasteiger partial charge in [0.25, 0.3) is 0 Å². The maximum Gasteiger partial charge on any atom is 0.123 e. The number of methoxy groups -OCH3 is 2. The van der Waals surface area contributed by atoms with Crippen molar-refractivity contribution in [2.24, 2.45) is 0 Å². The second kappa shape index (κ2) is 11.7. The van der Waals surface area contributed by atoms with Gasteiger partial charge in [0.1, 0.15) is 11.5 Å². The van der Waals surface area contributed by atoms with Crippen molar-refractivity contribution in [3.63, 3.8) is 0 Å². The zero-order valence-electron chi connectivity index (χ0n) is 26.0. The summed E-state index contributed by atoms with van der Waals surface area (Å²) in [6.45, 7) is 0. The molecule has 0 radical (unpaired) electrons. The lowest BCUT2D eigenvalue weighted by atomic mass is 9.85. The molecule has 1 aromatic heterocycles. The van der Waals surface area contributed by atoms with Gasteiger partial charge in [-0.2, -0.15) is 0 Å². The van der Waals surface area contributed by atoms with E-state index in [0.29, 0.717) is 0 Å². The molecule has 3 nitrogen and oxygen atoms in total. The van der Waals surface area contributed by atoms with Crippen molar-refractivity contribution >= 4 is 27.6 Å². The van der Waals surface area contributed by atoms with Gasteiger partial charge in [0, 0.05) is 23.4 Å². The van der Waals surface area contributed by atoms with Gasteiger partial charge in [-0.05, 0) is 97.6 Å². The third kappa shape index (κ3) is 4.81. The van der Waals surface area contributed by atoms with Gasteiger partial charge in [0.2, 0.25) is 0 Å². The minimum absolute atomic E-state index is 0.751. The molecular formula is C43H33NO2. The molecule has 8 rings (SSSR count). The highest BCUT2D eigenvalue weighted by atomic mass is 16.5. The molecule has 6 aromatic carbocycles. The molecule has 1 aliphatic carbocycles. The Kier molecular flexibility index (Phi) is 7.07. The Morgan fingerprint density at radius 2 is 1.24 bits per heavy atom. The quantitative estimate of drug-likeness (QED) is 0.179. The van der Waals surface area contributed by atoms with E-state index in [2.05, 4.69) is 121 Å². The number of fused-ring (bicyclic) bond motifs is 6. The van der Waals surface area contributed by atoms with Crippen LogP contribution >= 0.6 is 0 Å². The molecule has 0 aliphatic heterocycles.